The fourth-order valence-electron chi connectivity index (χ4n) is 3.17. The highest BCUT2D eigenvalue weighted by Gasteiger charge is 2.29. The molecule has 0 saturated carbocycles. The van der Waals surface area contributed by atoms with E-state index in [9.17, 15) is 0 Å². The first-order valence-electron chi connectivity index (χ1n) is 7.60. The van der Waals surface area contributed by atoms with Crippen molar-refractivity contribution in [1.82, 2.24) is 10.2 Å². The van der Waals surface area contributed by atoms with Crippen LogP contribution >= 0.6 is 11.6 Å². The lowest BCUT2D eigenvalue weighted by Crippen LogP contribution is -2.51. The van der Waals surface area contributed by atoms with E-state index in [0.29, 0.717) is 10.9 Å². The van der Waals surface area contributed by atoms with Crippen molar-refractivity contribution in [3.05, 3.63) is 22.7 Å². The van der Waals surface area contributed by atoms with Gasteiger partial charge in [-0.25, -0.2) is 0 Å². The number of benzene rings is 1. The second-order valence-electron chi connectivity index (χ2n) is 6.03. The molecule has 3 rings (SSSR count). The van der Waals surface area contributed by atoms with E-state index in [1.165, 1.54) is 12.0 Å². The van der Waals surface area contributed by atoms with E-state index in [1.54, 1.807) is 7.11 Å². The van der Waals surface area contributed by atoms with Gasteiger partial charge in [-0.15, -0.1) is 0 Å². The predicted octanol–water partition coefficient (Wildman–Crippen LogP) is 2.51. The second kappa shape index (κ2) is 6.42. The number of likely N-dealkylation sites (N-methyl/N-ethyl adjacent to an activating group) is 1. The summed E-state index contributed by atoms with van der Waals surface area (Å²) in [4.78, 5) is 2.24. The largest absolute Gasteiger partial charge is 0.493 e. The van der Waals surface area contributed by atoms with Gasteiger partial charge in [0.05, 0.1) is 7.11 Å². The standard InChI is InChI=1S/C16H23ClN2O2/c1-19-9-13(10-19)21-16-14(11-4-3-5-18-8-11)6-12(17)7-15(16)20-2/h6-7,11,13,18H,3-5,8-10H2,1-2H3. The molecule has 1 atom stereocenters. The molecule has 0 aliphatic carbocycles. The minimum Gasteiger partial charge on any atom is -0.493 e. The number of nitrogens with zero attached hydrogens (tertiary/aromatic N) is 1. The number of methoxy groups -OCH3 is 1. The number of hydrogen-bond donors (Lipinski definition) is 1. The lowest BCUT2D eigenvalue weighted by molar-refractivity contribution is 0.0359. The Morgan fingerprint density at radius 3 is 2.76 bits per heavy atom. The van der Waals surface area contributed by atoms with Crippen molar-refractivity contribution in [2.24, 2.45) is 0 Å². The Morgan fingerprint density at radius 2 is 2.14 bits per heavy atom. The Bertz CT molecular complexity index is 497. The van der Waals surface area contributed by atoms with Gasteiger partial charge in [0, 0.05) is 42.2 Å². The molecule has 2 aliphatic heterocycles. The van der Waals surface area contributed by atoms with Gasteiger partial charge >= 0.3 is 0 Å². The molecule has 5 heteroatoms. The van der Waals surface area contributed by atoms with Crippen LogP contribution in [0.4, 0.5) is 0 Å². The highest BCUT2D eigenvalue weighted by Crippen LogP contribution is 2.41. The molecule has 1 unspecified atom stereocenters. The molecule has 1 aromatic carbocycles. The van der Waals surface area contributed by atoms with E-state index >= 15 is 0 Å². The van der Waals surface area contributed by atoms with Gasteiger partial charge < -0.3 is 14.8 Å². The van der Waals surface area contributed by atoms with Gasteiger partial charge in [0.15, 0.2) is 11.5 Å². The quantitative estimate of drug-likeness (QED) is 0.926. The molecule has 0 bridgehead atoms. The topological polar surface area (TPSA) is 33.7 Å². The molecule has 1 N–H and O–H groups in total. The van der Waals surface area contributed by atoms with Crippen LogP contribution in [0, 0.1) is 0 Å². The summed E-state index contributed by atoms with van der Waals surface area (Å²) in [6.45, 7) is 4.00. The molecule has 0 amide bonds. The van der Waals surface area contributed by atoms with Crippen molar-refractivity contribution in [2.75, 3.05) is 40.3 Å². The van der Waals surface area contributed by atoms with Gasteiger partial charge in [-0.3, -0.25) is 4.90 Å². The SMILES string of the molecule is COc1cc(Cl)cc(C2CCCNC2)c1OC1CN(C)C1. The normalized spacial score (nSPS) is 23.7. The average molecular weight is 311 g/mol. The summed E-state index contributed by atoms with van der Waals surface area (Å²) in [5.41, 5.74) is 1.18. The Labute approximate surface area is 131 Å². The number of likely N-dealkylation sites (tertiary alicyclic amines) is 1. The molecule has 0 spiro atoms. The molecule has 2 heterocycles. The summed E-state index contributed by atoms with van der Waals surface area (Å²) in [6.07, 6.45) is 2.60. The van der Waals surface area contributed by atoms with Crippen LogP contribution in [0.1, 0.15) is 24.3 Å². The van der Waals surface area contributed by atoms with Gasteiger partial charge in [0.2, 0.25) is 0 Å². The van der Waals surface area contributed by atoms with Gasteiger partial charge in [-0.1, -0.05) is 11.6 Å². The zero-order valence-corrected chi connectivity index (χ0v) is 13.4. The van der Waals surface area contributed by atoms with E-state index in [2.05, 4.69) is 17.3 Å². The first-order chi connectivity index (χ1) is 10.2. The maximum Gasteiger partial charge on any atom is 0.165 e. The molecule has 2 saturated heterocycles. The van der Waals surface area contributed by atoms with E-state index < -0.39 is 0 Å². The van der Waals surface area contributed by atoms with Gasteiger partial charge in [0.25, 0.3) is 0 Å². The number of rotatable bonds is 4. The zero-order chi connectivity index (χ0) is 14.8. The molecule has 21 heavy (non-hydrogen) atoms. The summed E-state index contributed by atoms with van der Waals surface area (Å²) < 4.78 is 11.7. The lowest BCUT2D eigenvalue weighted by Gasteiger charge is -2.37. The van der Waals surface area contributed by atoms with Crippen molar-refractivity contribution in [2.45, 2.75) is 24.9 Å². The highest BCUT2D eigenvalue weighted by atomic mass is 35.5. The van der Waals surface area contributed by atoms with Crippen molar-refractivity contribution >= 4 is 11.6 Å². The van der Waals surface area contributed by atoms with E-state index in [1.807, 2.05) is 12.1 Å². The summed E-state index contributed by atoms with van der Waals surface area (Å²) in [5.74, 6) is 2.07. The minimum absolute atomic E-state index is 0.250. The molecule has 2 fully saturated rings. The van der Waals surface area contributed by atoms with E-state index in [4.69, 9.17) is 21.1 Å². The number of piperidine rings is 1. The van der Waals surface area contributed by atoms with Crippen molar-refractivity contribution < 1.29 is 9.47 Å². The predicted molar refractivity (Wildman–Crippen MR) is 84.8 cm³/mol. The molecule has 2 aliphatic rings. The third-order valence-corrected chi connectivity index (χ3v) is 4.54. The van der Waals surface area contributed by atoms with Crippen LogP contribution in [0.15, 0.2) is 12.1 Å². The van der Waals surface area contributed by atoms with Crippen molar-refractivity contribution in [3.63, 3.8) is 0 Å². The average Bonchev–Trinajstić information content (AvgIpc) is 2.47. The molecule has 0 aromatic heterocycles. The fourth-order valence-corrected chi connectivity index (χ4v) is 3.39. The zero-order valence-electron chi connectivity index (χ0n) is 12.7. The maximum absolute atomic E-state index is 6.26. The summed E-state index contributed by atoms with van der Waals surface area (Å²) in [6, 6.07) is 3.89. The van der Waals surface area contributed by atoms with Crippen LogP contribution in [-0.2, 0) is 0 Å². The van der Waals surface area contributed by atoms with Crippen LogP contribution in [0.25, 0.3) is 0 Å². The molecule has 4 nitrogen and oxygen atoms in total. The second-order valence-corrected chi connectivity index (χ2v) is 6.47. The minimum atomic E-state index is 0.250. The van der Waals surface area contributed by atoms with Crippen LogP contribution < -0.4 is 14.8 Å². The monoisotopic (exact) mass is 310 g/mol. The lowest BCUT2D eigenvalue weighted by atomic mass is 9.90. The van der Waals surface area contributed by atoms with Gasteiger partial charge in [-0.05, 0) is 32.5 Å². The highest BCUT2D eigenvalue weighted by molar-refractivity contribution is 6.30. The number of halogens is 1. The number of ether oxygens (including phenoxy) is 2. The number of hydrogen-bond acceptors (Lipinski definition) is 4. The third-order valence-electron chi connectivity index (χ3n) is 4.32. The van der Waals surface area contributed by atoms with Crippen LogP contribution in [-0.4, -0.2) is 51.3 Å². The molecule has 1 aromatic rings. The Morgan fingerprint density at radius 1 is 1.33 bits per heavy atom. The molecule has 116 valence electrons. The van der Waals surface area contributed by atoms with E-state index in [-0.39, 0.29) is 6.10 Å². The van der Waals surface area contributed by atoms with Crippen molar-refractivity contribution in [1.29, 1.82) is 0 Å². The fraction of sp³-hybridized carbons (Fsp3) is 0.625. The third kappa shape index (κ3) is 3.28. The van der Waals surface area contributed by atoms with E-state index in [0.717, 1.165) is 44.1 Å². The smallest absolute Gasteiger partial charge is 0.165 e. The summed E-state index contributed by atoms with van der Waals surface area (Å²) in [7, 11) is 3.78. The van der Waals surface area contributed by atoms with Crippen molar-refractivity contribution in [3.8, 4) is 11.5 Å². The molecular weight excluding hydrogens is 288 g/mol. The summed E-state index contributed by atoms with van der Waals surface area (Å²) in [5, 5.41) is 4.17. The van der Waals surface area contributed by atoms with Crippen LogP contribution in [0.3, 0.4) is 0 Å². The number of nitrogens with one attached hydrogen (secondary N) is 1. The van der Waals surface area contributed by atoms with Gasteiger partial charge in [-0.2, -0.15) is 0 Å². The Hall–Kier alpha value is -0.970. The molecule has 0 radical (unpaired) electrons. The van der Waals surface area contributed by atoms with Crippen LogP contribution in [0.5, 0.6) is 11.5 Å². The van der Waals surface area contributed by atoms with Crippen LogP contribution in [0.2, 0.25) is 5.02 Å². The Balaban J connectivity index is 1.89. The molecular formula is C16H23ClN2O2. The first-order valence-corrected chi connectivity index (χ1v) is 7.98. The Kier molecular flexibility index (Phi) is 4.57. The first kappa shape index (κ1) is 14.9. The maximum atomic E-state index is 6.26. The summed E-state index contributed by atoms with van der Waals surface area (Å²) >= 11 is 6.26. The van der Waals surface area contributed by atoms with Gasteiger partial charge in [0.1, 0.15) is 6.10 Å².